The van der Waals surface area contributed by atoms with E-state index in [1.807, 2.05) is 6.07 Å². The standard InChI is InChI=1S/C17H26ClNO/c1-3-11-19-13(2)16-10-9-15(12-17(16)18)20-14-7-5-4-6-8-14/h9-10,12-14,19H,3-8,11H2,1-2H3. The highest BCUT2D eigenvalue weighted by Crippen LogP contribution is 2.29. The Morgan fingerprint density at radius 3 is 2.70 bits per heavy atom. The molecule has 0 bridgehead atoms. The first-order valence-corrected chi connectivity index (χ1v) is 8.28. The van der Waals surface area contributed by atoms with Crippen molar-refractivity contribution in [2.24, 2.45) is 0 Å². The summed E-state index contributed by atoms with van der Waals surface area (Å²) in [7, 11) is 0. The van der Waals surface area contributed by atoms with Crippen molar-refractivity contribution in [1.82, 2.24) is 5.32 Å². The zero-order valence-corrected chi connectivity index (χ0v) is 13.4. The van der Waals surface area contributed by atoms with Crippen LogP contribution in [-0.4, -0.2) is 12.6 Å². The van der Waals surface area contributed by atoms with Crippen LogP contribution < -0.4 is 10.1 Å². The van der Waals surface area contributed by atoms with Crippen LogP contribution in [0.15, 0.2) is 18.2 Å². The lowest BCUT2D eigenvalue weighted by Gasteiger charge is -2.23. The minimum atomic E-state index is 0.284. The molecule has 112 valence electrons. The van der Waals surface area contributed by atoms with E-state index in [0.29, 0.717) is 6.10 Å². The number of nitrogens with one attached hydrogen (secondary N) is 1. The molecular formula is C17H26ClNO. The number of halogens is 1. The first-order valence-electron chi connectivity index (χ1n) is 7.90. The first-order chi connectivity index (χ1) is 9.70. The molecule has 1 aromatic carbocycles. The normalized spacial score (nSPS) is 17.9. The van der Waals surface area contributed by atoms with Crippen molar-refractivity contribution in [2.75, 3.05) is 6.54 Å². The molecule has 1 unspecified atom stereocenters. The maximum atomic E-state index is 6.40. The highest BCUT2D eigenvalue weighted by molar-refractivity contribution is 6.31. The van der Waals surface area contributed by atoms with Crippen molar-refractivity contribution in [1.29, 1.82) is 0 Å². The molecular weight excluding hydrogens is 270 g/mol. The van der Waals surface area contributed by atoms with Crippen LogP contribution in [0.25, 0.3) is 0 Å². The van der Waals surface area contributed by atoms with Crippen LogP contribution in [0.3, 0.4) is 0 Å². The second-order valence-electron chi connectivity index (χ2n) is 5.74. The molecule has 1 aliphatic carbocycles. The Morgan fingerprint density at radius 2 is 2.05 bits per heavy atom. The molecule has 3 heteroatoms. The highest BCUT2D eigenvalue weighted by atomic mass is 35.5. The van der Waals surface area contributed by atoms with Gasteiger partial charge in [-0.05, 0) is 63.3 Å². The summed E-state index contributed by atoms with van der Waals surface area (Å²) in [6.07, 6.45) is 7.77. The fourth-order valence-electron chi connectivity index (χ4n) is 2.78. The SMILES string of the molecule is CCCNC(C)c1ccc(OC2CCCCC2)cc1Cl. The summed E-state index contributed by atoms with van der Waals surface area (Å²) in [6, 6.07) is 6.40. The third kappa shape index (κ3) is 4.39. The molecule has 0 spiro atoms. The minimum Gasteiger partial charge on any atom is -0.490 e. The van der Waals surface area contributed by atoms with E-state index in [9.17, 15) is 0 Å². The number of hydrogen-bond donors (Lipinski definition) is 1. The van der Waals surface area contributed by atoms with Gasteiger partial charge >= 0.3 is 0 Å². The van der Waals surface area contributed by atoms with Gasteiger partial charge in [-0.25, -0.2) is 0 Å². The lowest BCUT2D eigenvalue weighted by Crippen LogP contribution is -2.20. The van der Waals surface area contributed by atoms with Crippen LogP contribution in [0, 0.1) is 0 Å². The maximum absolute atomic E-state index is 6.40. The van der Waals surface area contributed by atoms with E-state index in [0.717, 1.165) is 29.3 Å². The van der Waals surface area contributed by atoms with Crippen molar-refractivity contribution in [3.05, 3.63) is 28.8 Å². The van der Waals surface area contributed by atoms with E-state index in [1.165, 1.54) is 32.1 Å². The van der Waals surface area contributed by atoms with E-state index in [4.69, 9.17) is 16.3 Å². The first kappa shape index (κ1) is 15.7. The van der Waals surface area contributed by atoms with Gasteiger partial charge in [-0.15, -0.1) is 0 Å². The van der Waals surface area contributed by atoms with Gasteiger partial charge in [-0.3, -0.25) is 0 Å². The van der Waals surface area contributed by atoms with Crippen LogP contribution >= 0.6 is 11.6 Å². The summed E-state index contributed by atoms with van der Waals surface area (Å²) in [4.78, 5) is 0. The van der Waals surface area contributed by atoms with Crippen molar-refractivity contribution in [3.8, 4) is 5.75 Å². The van der Waals surface area contributed by atoms with E-state index in [2.05, 4.69) is 31.3 Å². The van der Waals surface area contributed by atoms with Gasteiger partial charge in [0.2, 0.25) is 0 Å². The van der Waals surface area contributed by atoms with Crippen molar-refractivity contribution in [3.63, 3.8) is 0 Å². The predicted octanol–water partition coefficient (Wildman–Crippen LogP) is 5.11. The molecule has 1 fully saturated rings. The molecule has 0 radical (unpaired) electrons. The van der Waals surface area contributed by atoms with Gasteiger partial charge in [0.25, 0.3) is 0 Å². The average Bonchev–Trinajstić information content (AvgIpc) is 2.46. The molecule has 0 saturated heterocycles. The summed E-state index contributed by atoms with van der Waals surface area (Å²) in [5.74, 6) is 0.911. The van der Waals surface area contributed by atoms with Gasteiger partial charge in [0.1, 0.15) is 5.75 Å². The van der Waals surface area contributed by atoms with Gasteiger partial charge in [0, 0.05) is 11.1 Å². The number of hydrogen-bond acceptors (Lipinski definition) is 2. The Bertz CT molecular complexity index is 415. The summed E-state index contributed by atoms with van der Waals surface area (Å²) >= 11 is 6.40. The molecule has 2 rings (SSSR count). The fourth-order valence-corrected chi connectivity index (χ4v) is 3.11. The highest BCUT2D eigenvalue weighted by Gasteiger charge is 2.16. The molecule has 0 amide bonds. The Balaban J connectivity index is 1.97. The topological polar surface area (TPSA) is 21.3 Å². The smallest absolute Gasteiger partial charge is 0.121 e. The second-order valence-corrected chi connectivity index (χ2v) is 6.14. The third-order valence-corrected chi connectivity index (χ3v) is 4.32. The van der Waals surface area contributed by atoms with Gasteiger partial charge in [0.15, 0.2) is 0 Å². The van der Waals surface area contributed by atoms with E-state index >= 15 is 0 Å². The summed E-state index contributed by atoms with van der Waals surface area (Å²) in [6.45, 7) is 5.33. The monoisotopic (exact) mass is 295 g/mol. The zero-order chi connectivity index (χ0) is 14.4. The van der Waals surface area contributed by atoms with E-state index in [-0.39, 0.29) is 6.04 Å². The fraction of sp³-hybridized carbons (Fsp3) is 0.647. The molecule has 1 aromatic rings. The van der Waals surface area contributed by atoms with Crippen LogP contribution in [-0.2, 0) is 0 Å². The summed E-state index contributed by atoms with van der Waals surface area (Å²) in [5, 5.41) is 4.27. The zero-order valence-electron chi connectivity index (χ0n) is 12.6. The van der Waals surface area contributed by atoms with E-state index in [1.54, 1.807) is 0 Å². The maximum Gasteiger partial charge on any atom is 0.121 e. The van der Waals surface area contributed by atoms with Gasteiger partial charge in [-0.1, -0.05) is 31.0 Å². The molecule has 1 saturated carbocycles. The third-order valence-electron chi connectivity index (χ3n) is 3.99. The lowest BCUT2D eigenvalue weighted by molar-refractivity contribution is 0.155. The second kappa shape index (κ2) is 7.90. The van der Waals surface area contributed by atoms with Crippen LogP contribution in [0.5, 0.6) is 5.75 Å². The van der Waals surface area contributed by atoms with Gasteiger partial charge < -0.3 is 10.1 Å². The largest absolute Gasteiger partial charge is 0.490 e. The quantitative estimate of drug-likeness (QED) is 0.787. The summed E-state index contributed by atoms with van der Waals surface area (Å²) in [5.41, 5.74) is 1.15. The van der Waals surface area contributed by atoms with Crippen molar-refractivity contribution >= 4 is 11.6 Å². The molecule has 0 aliphatic heterocycles. The number of benzene rings is 1. The van der Waals surface area contributed by atoms with Gasteiger partial charge in [-0.2, -0.15) is 0 Å². The van der Waals surface area contributed by atoms with Gasteiger partial charge in [0.05, 0.1) is 6.10 Å². The lowest BCUT2D eigenvalue weighted by atomic mass is 9.98. The molecule has 2 nitrogen and oxygen atoms in total. The van der Waals surface area contributed by atoms with Crippen LogP contribution in [0.1, 0.15) is 64.0 Å². The van der Waals surface area contributed by atoms with Crippen LogP contribution in [0.4, 0.5) is 0 Å². The summed E-state index contributed by atoms with van der Waals surface area (Å²) < 4.78 is 6.05. The number of ether oxygens (including phenoxy) is 1. The van der Waals surface area contributed by atoms with Crippen molar-refractivity contribution < 1.29 is 4.74 Å². The molecule has 1 N–H and O–H groups in total. The predicted molar refractivity (Wildman–Crippen MR) is 85.7 cm³/mol. The molecule has 0 heterocycles. The number of rotatable bonds is 6. The molecule has 20 heavy (non-hydrogen) atoms. The Labute approximate surface area is 127 Å². The average molecular weight is 296 g/mol. The Morgan fingerprint density at radius 1 is 1.30 bits per heavy atom. The Hall–Kier alpha value is -0.730. The van der Waals surface area contributed by atoms with Crippen molar-refractivity contribution in [2.45, 2.75) is 64.5 Å². The van der Waals surface area contributed by atoms with E-state index < -0.39 is 0 Å². The van der Waals surface area contributed by atoms with Crippen LogP contribution in [0.2, 0.25) is 5.02 Å². The molecule has 1 atom stereocenters. The molecule has 1 aliphatic rings. The Kier molecular flexibility index (Phi) is 6.18. The minimum absolute atomic E-state index is 0.284. The molecule has 0 aromatic heterocycles.